The molecule has 0 fully saturated rings. The fourth-order valence-corrected chi connectivity index (χ4v) is 4.91. The number of fused-ring (bicyclic) bond motifs is 1. The zero-order valence-electron chi connectivity index (χ0n) is 21.4. The number of hydrogen-bond donors (Lipinski definition) is 1. The summed E-state index contributed by atoms with van der Waals surface area (Å²) < 4.78 is 16.9. The molecule has 1 atom stereocenters. The van der Waals surface area contributed by atoms with Crippen molar-refractivity contribution in [3.05, 3.63) is 60.2 Å². The number of carbonyl (C=O) groups excluding carboxylic acids is 3. The van der Waals surface area contributed by atoms with Crippen LogP contribution in [0.2, 0.25) is 0 Å². The fourth-order valence-electron chi connectivity index (χ4n) is 4.07. The third-order valence-corrected chi connectivity index (χ3v) is 6.28. The van der Waals surface area contributed by atoms with Gasteiger partial charge in [-0.3, -0.25) is 9.59 Å². The highest BCUT2D eigenvalue weighted by Crippen LogP contribution is 2.44. The molecular weight excluding hydrogens is 480 g/mol. The van der Waals surface area contributed by atoms with Gasteiger partial charge in [-0.05, 0) is 52.8 Å². The molecule has 0 bridgehead atoms. The standard InChI is InChI=1S/C27H34N2O6S/c1-6-33-23(34-7-2)18-29-21-16-12-11-15-20(21)27(24(29)31,28-25(32)35-26(3,4)5)17-22(30)36-19-13-9-8-10-14-19/h8-16,23H,6-7,17-18H2,1-5H3,(H,28,32)/t27-/m1/s1. The van der Waals surface area contributed by atoms with Crippen molar-refractivity contribution in [1.82, 2.24) is 5.32 Å². The molecule has 0 aromatic heterocycles. The van der Waals surface area contributed by atoms with Crippen LogP contribution in [-0.4, -0.2) is 48.8 Å². The zero-order chi connectivity index (χ0) is 26.3. The number of rotatable bonds is 10. The first-order valence-corrected chi connectivity index (χ1v) is 12.8. The Balaban J connectivity index is 2.01. The van der Waals surface area contributed by atoms with Gasteiger partial charge in [0.1, 0.15) is 5.60 Å². The van der Waals surface area contributed by atoms with Gasteiger partial charge >= 0.3 is 6.09 Å². The first-order valence-electron chi connectivity index (χ1n) is 12.0. The maximum Gasteiger partial charge on any atom is 0.408 e. The van der Waals surface area contributed by atoms with Crippen LogP contribution in [0.5, 0.6) is 0 Å². The first-order chi connectivity index (χ1) is 17.1. The number of carbonyl (C=O) groups is 3. The monoisotopic (exact) mass is 514 g/mol. The maximum atomic E-state index is 14.1. The van der Waals surface area contributed by atoms with E-state index in [1.165, 1.54) is 4.90 Å². The van der Waals surface area contributed by atoms with Crippen molar-refractivity contribution < 1.29 is 28.6 Å². The van der Waals surface area contributed by atoms with Gasteiger partial charge in [-0.25, -0.2) is 4.79 Å². The molecule has 0 saturated carbocycles. The number of thioether (sulfide) groups is 1. The van der Waals surface area contributed by atoms with Gasteiger partial charge in [-0.15, -0.1) is 0 Å². The van der Waals surface area contributed by atoms with Crippen LogP contribution >= 0.6 is 11.8 Å². The molecule has 0 aliphatic carbocycles. The number of benzene rings is 2. The molecule has 194 valence electrons. The highest BCUT2D eigenvalue weighted by atomic mass is 32.2. The molecule has 0 radical (unpaired) electrons. The number of amides is 2. The lowest BCUT2D eigenvalue weighted by Gasteiger charge is -2.31. The SMILES string of the molecule is CCOC(CN1C(=O)[C@](CC(=O)Sc2ccccc2)(NC(=O)OC(C)(C)C)c2ccccc21)OCC. The number of nitrogens with zero attached hydrogens (tertiary/aromatic N) is 1. The quantitative estimate of drug-likeness (QED) is 0.357. The van der Waals surface area contributed by atoms with Crippen LogP contribution in [0.3, 0.4) is 0 Å². The Morgan fingerprint density at radius 2 is 1.61 bits per heavy atom. The maximum absolute atomic E-state index is 14.1. The predicted octanol–water partition coefficient (Wildman–Crippen LogP) is 4.86. The van der Waals surface area contributed by atoms with Gasteiger partial charge in [0.05, 0.1) is 18.7 Å². The van der Waals surface area contributed by atoms with E-state index in [-0.39, 0.29) is 18.1 Å². The predicted molar refractivity (Wildman–Crippen MR) is 139 cm³/mol. The number of hydrogen-bond acceptors (Lipinski definition) is 7. The summed E-state index contributed by atoms with van der Waals surface area (Å²) in [6.45, 7) is 9.82. The summed E-state index contributed by atoms with van der Waals surface area (Å²) in [6.07, 6.45) is -1.70. The van der Waals surface area contributed by atoms with Gasteiger partial charge in [0, 0.05) is 23.7 Å². The Morgan fingerprint density at radius 1 is 1.00 bits per heavy atom. The average Bonchev–Trinajstić information content (AvgIpc) is 3.01. The van der Waals surface area contributed by atoms with Crippen LogP contribution in [0.25, 0.3) is 0 Å². The second kappa shape index (κ2) is 11.9. The molecular formula is C27H34N2O6S. The minimum Gasteiger partial charge on any atom is -0.444 e. The van der Waals surface area contributed by atoms with Crippen molar-refractivity contribution in [2.75, 3.05) is 24.7 Å². The molecule has 1 aliphatic rings. The van der Waals surface area contributed by atoms with Crippen molar-refractivity contribution in [3.8, 4) is 0 Å². The van der Waals surface area contributed by atoms with Crippen LogP contribution < -0.4 is 10.2 Å². The highest BCUT2D eigenvalue weighted by Gasteiger charge is 2.54. The third kappa shape index (κ3) is 6.66. The van der Waals surface area contributed by atoms with Crippen molar-refractivity contribution in [3.63, 3.8) is 0 Å². The van der Waals surface area contributed by atoms with Gasteiger partial charge in [-0.2, -0.15) is 0 Å². The zero-order valence-corrected chi connectivity index (χ0v) is 22.2. The normalized spacial score (nSPS) is 17.3. The summed E-state index contributed by atoms with van der Waals surface area (Å²) in [5.74, 6) is -0.444. The Labute approximate surface area is 216 Å². The Bertz CT molecular complexity index is 1070. The van der Waals surface area contributed by atoms with Crippen LogP contribution in [-0.2, 0) is 29.3 Å². The van der Waals surface area contributed by atoms with Crippen molar-refractivity contribution in [1.29, 1.82) is 0 Å². The Kier molecular flexibility index (Phi) is 9.16. The lowest BCUT2D eigenvalue weighted by atomic mass is 9.88. The number of ether oxygens (including phenoxy) is 3. The number of anilines is 1. The molecule has 36 heavy (non-hydrogen) atoms. The van der Waals surface area contributed by atoms with Crippen molar-refractivity contribution in [2.45, 2.75) is 63.4 Å². The molecule has 2 amide bonds. The van der Waals surface area contributed by atoms with Gasteiger partial charge in [0.15, 0.2) is 16.9 Å². The van der Waals surface area contributed by atoms with Gasteiger partial charge in [-0.1, -0.05) is 48.2 Å². The summed E-state index contributed by atoms with van der Waals surface area (Å²) in [6, 6.07) is 16.3. The van der Waals surface area contributed by atoms with Crippen LogP contribution in [0.4, 0.5) is 10.5 Å². The van der Waals surface area contributed by atoms with Crippen LogP contribution in [0.1, 0.15) is 46.6 Å². The van der Waals surface area contributed by atoms with Crippen LogP contribution in [0.15, 0.2) is 59.5 Å². The number of nitrogens with one attached hydrogen (secondary N) is 1. The minimum atomic E-state index is -1.64. The smallest absolute Gasteiger partial charge is 0.408 e. The molecule has 1 N–H and O–H groups in total. The topological polar surface area (TPSA) is 94.2 Å². The molecule has 2 aromatic carbocycles. The summed E-state index contributed by atoms with van der Waals surface area (Å²) >= 11 is 1.03. The molecule has 3 rings (SSSR count). The Morgan fingerprint density at radius 3 is 2.22 bits per heavy atom. The van der Waals surface area contributed by atoms with E-state index in [0.717, 1.165) is 16.7 Å². The molecule has 0 saturated heterocycles. The summed E-state index contributed by atoms with van der Waals surface area (Å²) in [5.41, 5.74) is -1.32. The van der Waals surface area contributed by atoms with Gasteiger partial charge in [0.2, 0.25) is 0 Å². The molecule has 9 heteroatoms. The van der Waals surface area contributed by atoms with Crippen molar-refractivity contribution >= 4 is 34.6 Å². The summed E-state index contributed by atoms with van der Waals surface area (Å²) in [5, 5.41) is 2.50. The van der Waals surface area contributed by atoms with Crippen LogP contribution in [0, 0.1) is 0 Å². The number of alkyl carbamates (subject to hydrolysis) is 1. The first kappa shape index (κ1) is 27.7. The van der Waals surface area contributed by atoms with Gasteiger partial charge in [0.25, 0.3) is 5.91 Å². The van der Waals surface area contributed by atoms with E-state index in [0.29, 0.717) is 24.5 Å². The third-order valence-electron chi connectivity index (χ3n) is 5.40. The summed E-state index contributed by atoms with van der Waals surface area (Å²) in [4.78, 5) is 42.6. The van der Waals surface area contributed by atoms with E-state index < -0.39 is 29.4 Å². The fraction of sp³-hybridized carbons (Fsp3) is 0.444. The second-order valence-electron chi connectivity index (χ2n) is 9.27. The van der Waals surface area contributed by atoms with E-state index in [1.54, 1.807) is 45.0 Å². The number of para-hydroxylation sites is 1. The molecule has 0 spiro atoms. The Hall–Kier alpha value is -2.88. The molecule has 0 unspecified atom stereocenters. The largest absolute Gasteiger partial charge is 0.444 e. The lowest BCUT2D eigenvalue weighted by molar-refractivity contribution is -0.138. The van der Waals surface area contributed by atoms with E-state index in [2.05, 4.69) is 5.32 Å². The lowest BCUT2D eigenvalue weighted by Crippen LogP contribution is -2.55. The van der Waals surface area contributed by atoms with Gasteiger partial charge < -0.3 is 24.4 Å². The van der Waals surface area contributed by atoms with E-state index in [1.807, 2.05) is 44.2 Å². The summed E-state index contributed by atoms with van der Waals surface area (Å²) in [7, 11) is 0. The van der Waals surface area contributed by atoms with E-state index in [4.69, 9.17) is 14.2 Å². The minimum absolute atomic E-state index is 0.106. The second-order valence-corrected chi connectivity index (χ2v) is 10.4. The van der Waals surface area contributed by atoms with Crippen molar-refractivity contribution in [2.24, 2.45) is 0 Å². The average molecular weight is 515 g/mol. The van der Waals surface area contributed by atoms with E-state index >= 15 is 0 Å². The molecule has 8 nitrogen and oxygen atoms in total. The molecule has 2 aromatic rings. The van der Waals surface area contributed by atoms with E-state index in [9.17, 15) is 14.4 Å². The molecule has 1 aliphatic heterocycles. The molecule has 1 heterocycles. The highest BCUT2D eigenvalue weighted by molar-refractivity contribution is 8.13.